The molecule has 3 nitrogen and oxygen atoms in total. The summed E-state index contributed by atoms with van der Waals surface area (Å²) < 4.78 is 37.6. The van der Waals surface area contributed by atoms with Gasteiger partial charge in [-0.05, 0) is 41.8 Å². The second kappa shape index (κ2) is 5.72. The Hall–Kier alpha value is -2.89. The zero-order valence-electron chi connectivity index (χ0n) is 11.8. The molecule has 0 aliphatic carbocycles. The summed E-state index contributed by atoms with van der Waals surface area (Å²) >= 11 is 0. The fourth-order valence-electron chi connectivity index (χ4n) is 2.25. The average Bonchev–Trinajstić information content (AvgIpc) is 2.54. The second-order valence-electron chi connectivity index (χ2n) is 4.93. The number of amides is 1. The lowest BCUT2D eigenvalue weighted by Crippen LogP contribution is -2.13. The van der Waals surface area contributed by atoms with Crippen LogP contribution in [0.25, 0.3) is 10.8 Å². The van der Waals surface area contributed by atoms with Gasteiger partial charge >= 0.3 is 6.18 Å². The number of alkyl halides is 3. The van der Waals surface area contributed by atoms with Crippen molar-refractivity contribution in [1.82, 2.24) is 4.98 Å². The van der Waals surface area contributed by atoms with E-state index in [0.29, 0.717) is 16.6 Å². The maximum Gasteiger partial charge on any atom is 0.416 e. The molecule has 0 aliphatic heterocycles. The molecule has 0 aliphatic rings. The molecule has 0 saturated heterocycles. The molecule has 6 heteroatoms. The van der Waals surface area contributed by atoms with Crippen molar-refractivity contribution < 1.29 is 18.0 Å². The Balaban J connectivity index is 1.86. The minimum absolute atomic E-state index is 0.295. The summed E-state index contributed by atoms with van der Waals surface area (Å²) in [5.74, 6) is -0.400. The molecule has 0 fully saturated rings. The van der Waals surface area contributed by atoms with Gasteiger partial charge < -0.3 is 5.32 Å². The summed E-state index contributed by atoms with van der Waals surface area (Å²) in [7, 11) is 0. The van der Waals surface area contributed by atoms with Crippen molar-refractivity contribution in [2.24, 2.45) is 0 Å². The van der Waals surface area contributed by atoms with Gasteiger partial charge in [0.1, 0.15) is 0 Å². The standard InChI is InChI=1S/C17H11F3N2O/c18-17(19,20)12-4-6-13(7-5-12)22-16(23)14-3-1-2-11-8-9-21-10-15(11)14/h1-10H,(H,22,23). The smallest absolute Gasteiger partial charge is 0.322 e. The van der Waals surface area contributed by atoms with Gasteiger partial charge in [-0.3, -0.25) is 9.78 Å². The molecule has 1 aromatic heterocycles. The van der Waals surface area contributed by atoms with Crippen LogP contribution < -0.4 is 5.32 Å². The molecule has 1 N–H and O–H groups in total. The van der Waals surface area contributed by atoms with Crippen molar-refractivity contribution >= 4 is 22.4 Å². The van der Waals surface area contributed by atoms with Crippen LogP contribution in [0, 0.1) is 0 Å². The molecule has 3 aromatic rings. The normalized spacial score (nSPS) is 11.4. The number of hydrogen-bond donors (Lipinski definition) is 1. The number of hydrogen-bond acceptors (Lipinski definition) is 2. The monoisotopic (exact) mass is 316 g/mol. The minimum atomic E-state index is -4.40. The van der Waals surface area contributed by atoms with Gasteiger partial charge in [-0.15, -0.1) is 0 Å². The predicted octanol–water partition coefficient (Wildman–Crippen LogP) is 4.51. The van der Waals surface area contributed by atoms with E-state index in [0.717, 1.165) is 17.5 Å². The number of benzene rings is 2. The molecule has 1 amide bonds. The third-order valence-corrected chi connectivity index (χ3v) is 3.40. The Kier molecular flexibility index (Phi) is 3.73. The van der Waals surface area contributed by atoms with Gasteiger partial charge in [0, 0.05) is 29.0 Å². The van der Waals surface area contributed by atoms with Gasteiger partial charge in [0.25, 0.3) is 5.91 Å². The summed E-state index contributed by atoms with van der Waals surface area (Å²) in [6.07, 6.45) is -1.19. The van der Waals surface area contributed by atoms with Crippen LogP contribution in [0.1, 0.15) is 15.9 Å². The summed E-state index contributed by atoms with van der Waals surface area (Å²) in [5, 5.41) is 4.14. The SMILES string of the molecule is O=C(Nc1ccc(C(F)(F)F)cc1)c1cccc2ccncc12. The first kappa shape index (κ1) is 15.0. The van der Waals surface area contributed by atoms with Crippen molar-refractivity contribution in [2.75, 3.05) is 5.32 Å². The van der Waals surface area contributed by atoms with Crippen molar-refractivity contribution in [1.29, 1.82) is 0 Å². The number of rotatable bonds is 2. The Labute approximate surface area is 129 Å². The molecule has 2 aromatic carbocycles. The molecule has 0 radical (unpaired) electrons. The summed E-state index contributed by atoms with van der Waals surface area (Å²) in [4.78, 5) is 16.3. The highest BCUT2D eigenvalue weighted by molar-refractivity contribution is 6.12. The van der Waals surface area contributed by atoms with Gasteiger partial charge in [-0.2, -0.15) is 13.2 Å². The highest BCUT2D eigenvalue weighted by Crippen LogP contribution is 2.30. The van der Waals surface area contributed by atoms with Crippen LogP contribution in [0.4, 0.5) is 18.9 Å². The molecule has 0 spiro atoms. The number of anilines is 1. The third kappa shape index (κ3) is 3.15. The number of pyridine rings is 1. The number of halogens is 3. The maximum absolute atomic E-state index is 12.5. The van der Waals surface area contributed by atoms with Crippen molar-refractivity contribution in [3.05, 3.63) is 72.1 Å². The Bertz CT molecular complexity index is 852. The summed E-state index contributed by atoms with van der Waals surface area (Å²) in [6.45, 7) is 0. The Morgan fingerprint density at radius 1 is 1.00 bits per heavy atom. The molecule has 23 heavy (non-hydrogen) atoms. The number of fused-ring (bicyclic) bond motifs is 1. The van der Waals surface area contributed by atoms with E-state index in [1.165, 1.54) is 12.1 Å². The van der Waals surface area contributed by atoms with Crippen LogP contribution >= 0.6 is 0 Å². The van der Waals surface area contributed by atoms with E-state index >= 15 is 0 Å². The van der Waals surface area contributed by atoms with Gasteiger partial charge in [-0.25, -0.2) is 0 Å². The molecule has 0 atom stereocenters. The lowest BCUT2D eigenvalue weighted by molar-refractivity contribution is -0.137. The van der Waals surface area contributed by atoms with Crippen LogP contribution in [0.15, 0.2) is 60.9 Å². The highest BCUT2D eigenvalue weighted by Gasteiger charge is 2.30. The number of carbonyl (C=O) groups is 1. The molecule has 0 unspecified atom stereocenters. The van der Waals surface area contributed by atoms with E-state index in [1.807, 2.05) is 6.07 Å². The number of aromatic nitrogens is 1. The lowest BCUT2D eigenvalue weighted by atomic mass is 10.1. The van der Waals surface area contributed by atoms with Crippen LogP contribution in [-0.4, -0.2) is 10.9 Å². The van der Waals surface area contributed by atoms with Crippen LogP contribution in [0.2, 0.25) is 0 Å². The van der Waals surface area contributed by atoms with Crippen molar-refractivity contribution in [3.8, 4) is 0 Å². The topological polar surface area (TPSA) is 42.0 Å². The molecular weight excluding hydrogens is 305 g/mol. The molecule has 1 heterocycles. The number of nitrogens with one attached hydrogen (secondary N) is 1. The fourth-order valence-corrected chi connectivity index (χ4v) is 2.25. The largest absolute Gasteiger partial charge is 0.416 e. The van der Waals surface area contributed by atoms with Gasteiger partial charge in [0.2, 0.25) is 0 Å². The quantitative estimate of drug-likeness (QED) is 0.756. The first-order valence-electron chi connectivity index (χ1n) is 6.76. The minimum Gasteiger partial charge on any atom is -0.322 e. The maximum atomic E-state index is 12.5. The first-order chi connectivity index (χ1) is 10.9. The van der Waals surface area contributed by atoms with Crippen molar-refractivity contribution in [2.45, 2.75) is 6.18 Å². The Morgan fingerprint density at radius 3 is 2.43 bits per heavy atom. The number of nitrogens with zero attached hydrogens (tertiary/aromatic N) is 1. The third-order valence-electron chi connectivity index (χ3n) is 3.40. The predicted molar refractivity (Wildman–Crippen MR) is 81.1 cm³/mol. The van der Waals surface area contributed by atoms with E-state index in [-0.39, 0.29) is 0 Å². The zero-order chi connectivity index (χ0) is 16.4. The van der Waals surface area contributed by atoms with E-state index < -0.39 is 17.6 Å². The summed E-state index contributed by atoms with van der Waals surface area (Å²) in [6, 6.07) is 11.3. The fraction of sp³-hybridized carbons (Fsp3) is 0.0588. The van der Waals surface area contributed by atoms with E-state index in [9.17, 15) is 18.0 Å². The molecule has 0 saturated carbocycles. The van der Waals surface area contributed by atoms with Crippen LogP contribution in [0.3, 0.4) is 0 Å². The average molecular weight is 316 g/mol. The van der Waals surface area contributed by atoms with Gasteiger partial charge in [-0.1, -0.05) is 12.1 Å². The van der Waals surface area contributed by atoms with E-state index in [2.05, 4.69) is 10.3 Å². The first-order valence-corrected chi connectivity index (χ1v) is 6.76. The zero-order valence-corrected chi connectivity index (χ0v) is 11.8. The highest BCUT2D eigenvalue weighted by atomic mass is 19.4. The van der Waals surface area contributed by atoms with Crippen LogP contribution in [0.5, 0.6) is 0 Å². The van der Waals surface area contributed by atoms with E-state index in [1.54, 1.807) is 30.6 Å². The lowest BCUT2D eigenvalue weighted by Gasteiger charge is -2.10. The molecule has 3 rings (SSSR count). The Morgan fingerprint density at radius 2 is 1.74 bits per heavy atom. The number of carbonyl (C=O) groups excluding carboxylic acids is 1. The van der Waals surface area contributed by atoms with Crippen molar-refractivity contribution in [3.63, 3.8) is 0 Å². The van der Waals surface area contributed by atoms with E-state index in [4.69, 9.17) is 0 Å². The summed E-state index contributed by atoms with van der Waals surface area (Å²) in [5.41, 5.74) is -0.0516. The second-order valence-corrected chi connectivity index (χ2v) is 4.93. The molecular formula is C17H11F3N2O. The van der Waals surface area contributed by atoms with Gasteiger partial charge in [0.15, 0.2) is 0 Å². The molecule has 116 valence electrons. The van der Waals surface area contributed by atoms with Gasteiger partial charge in [0.05, 0.1) is 5.56 Å². The molecule has 0 bridgehead atoms. The van der Waals surface area contributed by atoms with Crippen LogP contribution in [-0.2, 0) is 6.18 Å².